The molecule has 0 aromatic heterocycles. The van der Waals surface area contributed by atoms with Crippen molar-refractivity contribution in [1.82, 2.24) is 5.32 Å². The van der Waals surface area contributed by atoms with Crippen molar-refractivity contribution in [2.75, 3.05) is 6.54 Å². The summed E-state index contributed by atoms with van der Waals surface area (Å²) in [6.07, 6.45) is 2.55. The first-order valence-corrected chi connectivity index (χ1v) is 6.75. The van der Waals surface area contributed by atoms with Gasteiger partial charge in [-0.1, -0.05) is 25.8 Å². The van der Waals surface area contributed by atoms with Crippen molar-refractivity contribution in [2.45, 2.75) is 46.1 Å². The SMILES string of the molecule is CCCCCNC(=O)C(C)Oc1cc(F)ccc1C. The van der Waals surface area contributed by atoms with E-state index in [9.17, 15) is 9.18 Å². The molecule has 1 aromatic rings. The zero-order valence-corrected chi connectivity index (χ0v) is 11.8. The maximum Gasteiger partial charge on any atom is 0.260 e. The number of carbonyl (C=O) groups excluding carboxylic acids is 1. The lowest BCUT2D eigenvalue weighted by Gasteiger charge is -2.16. The summed E-state index contributed by atoms with van der Waals surface area (Å²) in [7, 11) is 0. The average molecular weight is 267 g/mol. The Hall–Kier alpha value is -1.58. The van der Waals surface area contributed by atoms with E-state index in [-0.39, 0.29) is 11.7 Å². The molecule has 4 heteroatoms. The third-order valence-corrected chi connectivity index (χ3v) is 2.90. The van der Waals surface area contributed by atoms with Crippen molar-refractivity contribution in [1.29, 1.82) is 0 Å². The van der Waals surface area contributed by atoms with E-state index in [0.29, 0.717) is 12.3 Å². The summed E-state index contributed by atoms with van der Waals surface area (Å²) in [6.45, 7) is 6.25. The van der Waals surface area contributed by atoms with E-state index in [2.05, 4.69) is 12.2 Å². The van der Waals surface area contributed by atoms with Crippen LogP contribution < -0.4 is 10.1 Å². The van der Waals surface area contributed by atoms with Crippen LogP contribution in [0.4, 0.5) is 4.39 Å². The fourth-order valence-corrected chi connectivity index (χ4v) is 1.68. The summed E-state index contributed by atoms with van der Waals surface area (Å²) in [5, 5.41) is 2.81. The molecule has 0 fully saturated rings. The number of hydrogen-bond donors (Lipinski definition) is 1. The minimum Gasteiger partial charge on any atom is -0.481 e. The van der Waals surface area contributed by atoms with E-state index < -0.39 is 6.10 Å². The molecule has 0 radical (unpaired) electrons. The van der Waals surface area contributed by atoms with Crippen LogP contribution in [0.25, 0.3) is 0 Å². The third kappa shape index (κ3) is 5.28. The van der Waals surface area contributed by atoms with Crippen molar-refractivity contribution in [3.63, 3.8) is 0 Å². The van der Waals surface area contributed by atoms with Crippen molar-refractivity contribution < 1.29 is 13.9 Å². The van der Waals surface area contributed by atoms with Gasteiger partial charge < -0.3 is 10.1 Å². The molecular formula is C15H22FNO2. The van der Waals surface area contributed by atoms with Crippen molar-refractivity contribution in [3.05, 3.63) is 29.6 Å². The monoisotopic (exact) mass is 267 g/mol. The molecule has 19 heavy (non-hydrogen) atoms. The molecule has 0 aliphatic heterocycles. The Labute approximate surface area is 114 Å². The summed E-state index contributed by atoms with van der Waals surface area (Å²) in [5.74, 6) is -0.118. The predicted molar refractivity (Wildman–Crippen MR) is 73.8 cm³/mol. The van der Waals surface area contributed by atoms with E-state index in [4.69, 9.17) is 4.74 Å². The highest BCUT2D eigenvalue weighted by Crippen LogP contribution is 2.20. The number of hydrogen-bond acceptors (Lipinski definition) is 2. The highest BCUT2D eigenvalue weighted by molar-refractivity contribution is 5.80. The van der Waals surface area contributed by atoms with Gasteiger partial charge in [0.2, 0.25) is 0 Å². The van der Waals surface area contributed by atoms with Crippen molar-refractivity contribution in [3.8, 4) is 5.75 Å². The Morgan fingerprint density at radius 1 is 1.42 bits per heavy atom. The fourth-order valence-electron chi connectivity index (χ4n) is 1.68. The molecule has 3 nitrogen and oxygen atoms in total. The predicted octanol–water partition coefficient (Wildman–Crippen LogP) is 3.21. The van der Waals surface area contributed by atoms with Gasteiger partial charge in [-0.05, 0) is 31.9 Å². The van der Waals surface area contributed by atoms with Gasteiger partial charge in [0.25, 0.3) is 5.91 Å². The number of unbranched alkanes of at least 4 members (excludes halogenated alkanes) is 2. The molecule has 0 heterocycles. The second kappa shape index (κ2) is 7.77. The minimum absolute atomic E-state index is 0.167. The number of halogens is 1. The zero-order valence-electron chi connectivity index (χ0n) is 11.8. The van der Waals surface area contributed by atoms with Gasteiger partial charge in [0.15, 0.2) is 6.10 Å². The minimum atomic E-state index is -0.623. The average Bonchev–Trinajstić information content (AvgIpc) is 2.38. The van der Waals surface area contributed by atoms with E-state index in [1.807, 2.05) is 6.92 Å². The molecule has 0 spiro atoms. The van der Waals surface area contributed by atoms with E-state index in [0.717, 1.165) is 24.8 Å². The molecule has 0 bridgehead atoms. The topological polar surface area (TPSA) is 38.3 Å². The van der Waals surface area contributed by atoms with Gasteiger partial charge in [0.1, 0.15) is 11.6 Å². The van der Waals surface area contributed by atoms with E-state index >= 15 is 0 Å². The second-order valence-electron chi connectivity index (χ2n) is 4.67. The Balaban J connectivity index is 2.47. The summed E-state index contributed by atoms with van der Waals surface area (Å²) < 4.78 is 18.6. The maximum atomic E-state index is 13.1. The van der Waals surface area contributed by atoms with Crippen LogP contribution >= 0.6 is 0 Å². The largest absolute Gasteiger partial charge is 0.481 e. The van der Waals surface area contributed by atoms with Crippen LogP contribution in [0.1, 0.15) is 38.7 Å². The summed E-state index contributed by atoms with van der Waals surface area (Å²) in [5.41, 5.74) is 0.812. The smallest absolute Gasteiger partial charge is 0.260 e. The van der Waals surface area contributed by atoms with Gasteiger partial charge in [0, 0.05) is 12.6 Å². The molecule has 0 aliphatic rings. The van der Waals surface area contributed by atoms with Crippen molar-refractivity contribution in [2.24, 2.45) is 0 Å². The number of carbonyl (C=O) groups is 1. The lowest BCUT2D eigenvalue weighted by molar-refractivity contribution is -0.127. The lowest BCUT2D eigenvalue weighted by Crippen LogP contribution is -2.36. The quantitative estimate of drug-likeness (QED) is 0.770. The lowest BCUT2D eigenvalue weighted by atomic mass is 10.2. The third-order valence-electron chi connectivity index (χ3n) is 2.90. The molecule has 1 rings (SSSR count). The molecule has 106 valence electrons. The molecule has 1 amide bonds. The molecule has 0 saturated heterocycles. The van der Waals surface area contributed by atoms with Crippen LogP contribution in [0.3, 0.4) is 0 Å². The van der Waals surface area contributed by atoms with E-state index in [1.165, 1.54) is 12.1 Å². The Kier molecular flexibility index (Phi) is 6.33. The first-order valence-electron chi connectivity index (χ1n) is 6.75. The first kappa shape index (κ1) is 15.5. The molecule has 1 N–H and O–H groups in total. The standard InChI is InChI=1S/C15H22FNO2/c1-4-5-6-9-17-15(18)12(3)19-14-10-13(16)8-7-11(14)2/h7-8,10,12H,4-6,9H2,1-3H3,(H,17,18). The Bertz CT molecular complexity index is 421. The number of benzene rings is 1. The summed E-state index contributed by atoms with van der Waals surface area (Å²) in [4.78, 5) is 11.8. The van der Waals surface area contributed by atoms with Gasteiger partial charge in [-0.3, -0.25) is 4.79 Å². The molecule has 0 aliphatic carbocycles. The van der Waals surface area contributed by atoms with Gasteiger partial charge in [-0.15, -0.1) is 0 Å². The van der Waals surface area contributed by atoms with Gasteiger partial charge in [-0.25, -0.2) is 4.39 Å². The summed E-state index contributed by atoms with van der Waals surface area (Å²) >= 11 is 0. The number of aryl methyl sites for hydroxylation is 1. The molecule has 1 atom stereocenters. The van der Waals surface area contributed by atoms with Crippen LogP contribution in [0, 0.1) is 12.7 Å². The molecular weight excluding hydrogens is 245 g/mol. The van der Waals surface area contributed by atoms with Crippen LogP contribution in [-0.2, 0) is 4.79 Å². The molecule has 1 aromatic carbocycles. The highest BCUT2D eigenvalue weighted by Gasteiger charge is 2.15. The number of ether oxygens (including phenoxy) is 1. The van der Waals surface area contributed by atoms with Crippen LogP contribution in [0.5, 0.6) is 5.75 Å². The number of amides is 1. The van der Waals surface area contributed by atoms with Crippen LogP contribution in [0.2, 0.25) is 0 Å². The van der Waals surface area contributed by atoms with Gasteiger partial charge in [-0.2, -0.15) is 0 Å². The first-order chi connectivity index (χ1) is 9.04. The second-order valence-corrected chi connectivity index (χ2v) is 4.67. The Morgan fingerprint density at radius 2 is 2.16 bits per heavy atom. The maximum absolute atomic E-state index is 13.1. The highest BCUT2D eigenvalue weighted by atomic mass is 19.1. The summed E-state index contributed by atoms with van der Waals surface area (Å²) in [6, 6.07) is 4.31. The normalized spacial score (nSPS) is 12.0. The van der Waals surface area contributed by atoms with Crippen molar-refractivity contribution >= 4 is 5.91 Å². The van der Waals surface area contributed by atoms with Gasteiger partial charge in [0.05, 0.1) is 0 Å². The zero-order chi connectivity index (χ0) is 14.3. The number of rotatable bonds is 7. The fraction of sp³-hybridized carbons (Fsp3) is 0.533. The van der Waals surface area contributed by atoms with Crippen LogP contribution in [-0.4, -0.2) is 18.6 Å². The Morgan fingerprint density at radius 3 is 2.84 bits per heavy atom. The van der Waals surface area contributed by atoms with Gasteiger partial charge >= 0.3 is 0 Å². The van der Waals surface area contributed by atoms with E-state index in [1.54, 1.807) is 13.0 Å². The number of nitrogens with one attached hydrogen (secondary N) is 1. The molecule has 0 saturated carbocycles. The van der Waals surface area contributed by atoms with Crippen LogP contribution in [0.15, 0.2) is 18.2 Å². The molecule has 1 unspecified atom stereocenters.